The summed E-state index contributed by atoms with van der Waals surface area (Å²) in [5, 5.41) is 4.77. The van der Waals surface area contributed by atoms with Crippen molar-refractivity contribution in [2.24, 2.45) is 0 Å². The lowest BCUT2D eigenvalue weighted by molar-refractivity contribution is -0.135. The molecule has 1 heterocycles. The molecule has 1 aromatic rings. The van der Waals surface area contributed by atoms with E-state index >= 15 is 0 Å². The summed E-state index contributed by atoms with van der Waals surface area (Å²) in [6, 6.07) is 1.43. The zero-order valence-corrected chi connectivity index (χ0v) is 13.5. The molecule has 122 valence electrons. The van der Waals surface area contributed by atoms with Crippen LogP contribution in [0.2, 0.25) is 0 Å². The Morgan fingerprint density at radius 3 is 2.52 bits per heavy atom. The zero-order valence-electron chi connectivity index (χ0n) is 11.9. The van der Waals surface area contributed by atoms with E-state index in [4.69, 9.17) is 0 Å². The summed E-state index contributed by atoms with van der Waals surface area (Å²) in [6.07, 6.45) is -3.60. The number of nitrogens with zero attached hydrogens (tertiary/aromatic N) is 1. The molecular formula is C12H19F3N2O2S2. The van der Waals surface area contributed by atoms with Crippen LogP contribution in [0, 0.1) is 0 Å². The number of sulfonamides is 1. The molecule has 0 aliphatic rings. The van der Waals surface area contributed by atoms with Crippen LogP contribution in [-0.2, 0) is 16.6 Å². The van der Waals surface area contributed by atoms with E-state index in [1.807, 2.05) is 6.92 Å². The molecule has 0 saturated carbocycles. The first kappa shape index (κ1) is 18.4. The summed E-state index contributed by atoms with van der Waals surface area (Å²) in [7, 11) is -4.09. The molecule has 1 N–H and O–H groups in total. The normalized spacial score (nSPS) is 13.0. The van der Waals surface area contributed by atoms with Crippen LogP contribution in [-0.4, -0.2) is 38.5 Å². The maximum absolute atomic E-state index is 12.4. The van der Waals surface area contributed by atoms with Crippen molar-refractivity contribution in [3.63, 3.8) is 0 Å². The van der Waals surface area contributed by atoms with Crippen LogP contribution in [0.1, 0.15) is 25.8 Å². The molecule has 0 saturated heterocycles. The van der Waals surface area contributed by atoms with Gasteiger partial charge in [0.1, 0.15) is 10.8 Å². The lowest BCUT2D eigenvalue weighted by Gasteiger charge is -2.20. The molecule has 0 spiro atoms. The van der Waals surface area contributed by atoms with Crippen LogP contribution in [0.15, 0.2) is 15.7 Å². The minimum Gasteiger partial charge on any atom is -0.313 e. The van der Waals surface area contributed by atoms with Gasteiger partial charge in [0.2, 0.25) is 0 Å². The average molecular weight is 344 g/mol. The first-order chi connectivity index (χ1) is 9.70. The van der Waals surface area contributed by atoms with Crippen molar-refractivity contribution in [2.45, 2.75) is 37.2 Å². The Morgan fingerprint density at radius 1 is 1.33 bits per heavy atom. The van der Waals surface area contributed by atoms with Crippen LogP contribution >= 0.6 is 11.3 Å². The summed E-state index contributed by atoms with van der Waals surface area (Å²) in [5.41, 5.74) is 0.759. The molecule has 0 atom stereocenters. The summed E-state index contributed by atoms with van der Waals surface area (Å²) in [4.78, 5) is 0. The predicted molar refractivity (Wildman–Crippen MR) is 76.8 cm³/mol. The lowest BCUT2D eigenvalue weighted by Crippen LogP contribution is -2.38. The highest BCUT2D eigenvalue weighted by molar-refractivity contribution is 7.91. The van der Waals surface area contributed by atoms with Crippen molar-refractivity contribution < 1.29 is 21.6 Å². The number of hydrogen-bond donors (Lipinski definition) is 1. The monoisotopic (exact) mass is 344 g/mol. The molecule has 0 aromatic carbocycles. The molecule has 0 bridgehead atoms. The van der Waals surface area contributed by atoms with Gasteiger partial charge in [-0.05, 0) is 30.0 Å². The molecule has 0 fully saturated rings. The third-order valence-electron chi connectivity index (χ3n) is 2.69. The molecular weight excluding hydrogens is 325 g/mol. The summed E-state index contributed by atoms with van der Waals surface area (Å²) in [5.74, 6) is 0. The molecule has 9 heteroatoms. The van der Waals surface area contributed by atoms with Crippen LogP contribution in [0.25, 0.3) is 0 Å². The molecule has 1 rings (SSSR count). The van der Waals surface area contributed by atoms with E-state index in [0.717, 1.165) is 29.9 Å². The van der Waals surface area contributed by atoms with Gasteiger partial charge in [0, 0.05) is 13.1 Å². The third kappa shape index (κ3) is 5.57. The Bertz CT molecular complexity index is 541. The van der Waals surface area contributed by atoms with Crippen molar-refractivity contribution in [1.82, 2.24) is 9.62 Å². The van der Waals surface area contributed by atoms with E-state index in [2.05, 4.69) is 5.32 Å². The number of thiophene rings is 1. The van der Waals surface area contributed by atoms with E-state index in [0.29, 0.717) is 10.8 Å². The fourth-order valence-electron chi connectivity index (χ4n) is 1.68. The molecule has 0 aliphatic carbocycles. The van der Waals surface area contributed by atoms with Gasteiger partial charge < -0.3 is 5.32 Å². The number of halogens is 3. The lowest BCUT2D eigenvalue weighted by atomic mass is 10.3. The number of hydrogen-bond acceptors (Lipinski definition) is 4. The number of alkyl halides is 3. The predicted octanol–water partition coefficient (Wildman–Crippen LogP) is 2.82. The van der Waals surface area contributed by atoms with Crippen LogP contribution in [0.4, 0.5) is 13.2 Å². The van der Waals surface area contributed by atoms with Crippen LogP contribution < -0.4 is 5.32 Å². The number of nitrogens with one attached hydrogen (secondary N) is 1. The zero-order chi connectivity index (χ0) is 16.1. The molecule has 1 aromatic heterocycles. The Morgan fingerprint density at radius 2 is 2.00 bits per heavy atom. The van der Waals surface area contributed by atoms with Gasteiger partial charge in [-0.15, -0.1) is 11.3 Å². The molecule has 0 radical (unpaired) electrons. The van der Waals surface area contributed by atoms with E-state index < -0.39 is 22.7 Å². The van der Waals surface area contributed by atoms with Gasteiger partial charge in [-0.1, -0.05) is 13.8 Å². The van der Waals surface area contributed by atoms with Gasteiger partial charge in [-0.2, -0.15) is 17.5 Å². The highest BCUT2D eigenvalue weighted by Crippen LogP contribution is 2.26. The van der Waals surface area contributed by atoms with Crippen molar-refractivity contribution in [3.05, 3.63) is 17.0 Å². The maximum atomic E-state index is 12.4. The fourth-order valence-corrected chi connectivity index (χ4v) is 4.48. The maximum Gasteiger partial charge on any atom is 0.402 e. The molecule has 0 unspecified atom stereocenters. The first-order valence-electron chi connectivity index (χ1n) is 6.55. The van der Waals surface area contributed by atoms with Crippen LogP contribution in [0.3, 0.4) is 0 Å². The Labute approximate surface area is 127 Å². The quantitative estimate of drug-likeness (QED) is 0.738. The number of rotatable bonds is 8. The second-order valence-corrected chi connectivity index (χ2v) is 7.57. The third-order valence-corrected chi connectivity index (χ3v) is 6.07. The largest absolute Gasteiger partial charge is 0.402 e. The van der Waals surface area contributed by atoms with Gasteiger partial charge in [0.15, 0.2) is 0 Å². The smallest absolute Gasteiger partial charge is 0.313 e. The Balaban J connectivity index is 2.86. The fraction of sp³-hybridized carbons (Fsp3) is 0.667. The van der Waals surface area contributed by atoms with E-state index in [-0.39, 0.29) is 10.8 Å². The van der Waals surface area contributed by atoms with Gasteiger partial charge in [-0.3, -0.25) is 0 Å². The highest BCUT2D eigenvalue weighted by Gasteiger charge is 2.36. The Hall–Kier alpha value is -0.640. The summed E-state index contributed by atoms with van der Waals surface area (Å²) < 4.78 is 62.1. The Kier molecular flexibility index (Phi) is 6.64. The second-order valence-electron chi connectivity index (χ2n) is 4.50. The van der Waals surface area contributed by atoms with Crippen molar-refractivity contribution in [2.75, 3.05) is 19.6 Å². The standard InChI is InChI=1S/C12H19F3N2O2S2/c1-3-5-16-7-10-6-11(20-8-10)21(18,19)17(4-2)9-12(13,14)15/h6,8,16H,3-5,7,9H2,1-2H3. The highest BCUT2D eigenvalue weighted by atomic mass is 32.2. The van der Waals surface area contributed by atoms with Gasteiger partial charge in [0.25, 0.3) is 10.0 Å². The van der Waals surface area contributed by atoms with E-state index in [1.165, 1.54) is 13.0 Å². The van der Waals surface area contributed by atoms with Crippen molar-refractivity contribution in [3.8, 4) is 0 Å². The van der Waals surface area contributed by atoms with Gasteiger partial charge >= 0.3 is 6.18 Å². The molecule has 4 nitrogen and oxygen atoms in total. The van der Waals surface area contributed by atoms with Gasteiger partial charge in [-0.25, -0.2) is 8.42 Å². The molecule has 21 heavy (non-hydrogen) atoms. The SMILES string of the molecule is CCCNCc1csc(S(=O)(=O)N(CC)CC(F)(F)F)c1. The molecule has 0 aliphatic heterocycles. The first-order valence-corrected chi connectivity index (χ1v) is 8.87. The average Bonchev–Trinajstić information content (AvgIpc) is 2.84. The topological polar surface area (TPSA) is 49.4 Å². The van der Waals surface area contributed by atoms with E-state index in [9.17, 15) is 21.6 Å². The van der Waals surface area contributed by atoms with Crippen LogP contribution in [0.5, 0.6) is 0 Å². The second kappa shape index (κ2) is 7.57. The van der Waals surface area contributed by atoms with Crippen molar-refractivity contribution >= 4 is 21.4 Å². The minimum atomic E-state index is -4.55. The van der Waals surface area contributed by atoms with E-state index in [1.54, 1.807) is 5.38 Å². The summed E-state index contributed by atoms with van der Waals surface area (Å²) in [6.45, 7) is 3.02. The van der Waals surface area contributed by atoms with Crippen molar-refractivity contribution in [1.29, 1.82) is 0 Å². The summed E-state index contributed by atoms with van der Waals surface area (Å²) >= 11 is 0.947. The molecule has 0 amide bonds. The van der Waals surface area contributed by atoms with Gasteiger partial charge in [0.05, 0.1) is 0 Å². The minimum absolute atomic E-state index is 0.0538.